The van der Waals surface area contributed by atoms with E-state index in [2.05, 4.69) is 5.32 Å². The highest BCUT2D eigenvalue weighted by atomic mass is 19.4. The number of carbonyl (C=O) groups is 1. The maximum atomic E-state index is 12.4. The van der Waals surface area contributed by atoms with Crippen molar-refractivity contribution in [2.45, 2.75) is 44.8 Å². The maximum Gasteiger partial charge on any atom is 0.391 e. The Morgan fingerprint density at radius 1 is 1.35 bits per heavy atom. The molecule has 3 nitrogen and oxygen atoms in total. The van der Waals surface area contributed by atoms with Gasteiger partial charge in [0, 0.05) is 18.5 Å². The van der Waals surface area contributed by atoms with Gasteiger partial charge in [-0.25, -0.2) is 0 Å². The molecule has 1 fully saturated rings. The van der Waals surface area contributed by atoms with Gasteiger partial charge in [0.25, 0.3) is 0 Å². The molecule has 0 bridgehead atoms. The fraction of sp³-hybridized carbons (Fsp3) is 0.909. The molecule has 0 saturated heterocycles. The normalized spacial score (nSPS) is 27.6. The molecule has 0 heterocycles. The molecule has 1 atom stereocenters. The summed E-state index contributed by atoms with van der Waals surface area (Å²) in [5.74, 6) is -1.65. The Balaban J connectivity index is 2.35. The van der Waals surface area contributed by atoms with Crippen LogP contribution in [0.5, 0.6) is 0 Å². The van der Waals surface area contributed by atoms with E-state index in [1.165, 1.54) is 0 Å². The van der Waals surface area contributed by atoms with Gasteiger partial charge in [0.15, 0.2) is 0 Å². The lowest BCUT2D eigenvalue weighted by molar-refractivity contribution is -0.182. The molecule has 0 aromatic rings. The molecule has 6 heteroatoms. The van der Waals surface area contributed by atoms with E-state index in [1.54, 1.807) is 6.92 Å². The lowest BCUT2D eigenvalue weighted by Crippen LogP contribution is -2.43. The molecule has 1 saturated carbocycles. The highest BCUT2D eigenvalue weighted by molar-refractivity contribution is 5.78. The van der Waals surface area contributed by atoms with E-state index >= 15 is 0 Å². The molecule has 1 aliphatic rings. The summed E-state index contributed by atoms with van der Waals surface area (Å²) in [5.41, 5.74) is 5.35. The van der Waals surface area contributed by atoms with E-state index in [4.69, 9.17) is 5.73 Å². The summed E-state index contributed by atoms with van der Waals surface area (Å²) in [4.78, 5) is 11.5. The molecule has 100 valence electrons. The maximum absolute atomic E-state index is 12.4. The number of carbonyl (C=O) groups excluding carboxylic acids is 1. The van der Waals surface area contributed by atoms with E-state index in [0.29, 0.717) is 12.8 Å². The lowest BCUT2D eigenvalue weighted by atomic mass is 9.85. The van der Waals surface area contributed by atoms with Crippen LogP contribution in [-0.4, -0.2) is 24.7 Å². The molecule has 1 amide bonds. The Kier molecular flexibility index (Phi) is 4.80. The van der Waals surface area contributed by atoms with Crippen LogP contribution in [0.1, 0.15) is 32.6 Å². The lowest BCUT2D eigenvalue weighted by Gasteiger charge is -2.30. The fourth-order valence-electron chi connectivity index (χ4n) is 2.02. The van der Waals surface area contributed by atoms with Gasteiger partial charge in [-0.15, -0.1) is 0 Å². The molecule has 0 spiro atoms. The van der Waals surface area contributed by atoms with Gasteiger partial charge in [-0.05, 0) is 25.7 Å². The average Bonchev–Trinajstić information content (AvgIpc) is 2.27. The fourth-order valence-corrected chi connectivity index (χ4v) is 2.02. The van der Waals surface area contributed by atoms with Crippen molar-refractivity contribution in [2.75, 3.05) is 6.54 Å². The van der Waals surface area contributed by atoms with Crippen LogP contribution in [0.2, 0.25) is 0 Å². The highest BCUT2D eigenvalue weighted by Crippen LogP contribution is 2.37. The Labute approximate surface area is 98.9 Å². The zero-order chi connectivity index (χ0) is 13.1. The number of hydrogen-bond acceptors (Lipinski definition) is 2. The third kappa shape index (κ3) is 4.18. The number of alkyl halides is 3. The van der Waals surface area contributed by atoms with Gasteiger partial charge >= 0.3 is 6.18 Å². The summed E-state index contributed by atoms with van der Waals surface area (Å²) in [5, 5.41) is 2.76. The van der Waals surface area contributed by atoms with Crippen molar-refractivity contribution in [2.24, 2.45) is 17.6 Å². The van der Waals surface area contributed by atoms with Crippen molar-refractivity contribution >= 4 is 5.91 Å². The van der Waals surface area contributed by atoms with Crippen molar-refractivity contribution in [1.29, 1.82) is 0 Å². The molecule has 1 aliphatic carbocycles. The highest BCUT2D eigenvalue weighted by Gasteiger charge is 2.41. The van der Waals surface area contributed by atoms with Gasteiger partial charge in [-0.1, -0.05) is 6.92 Å². The molecule has 0 aromatic carbocycles. The topological polar surface area (TPSA) is 55.1 Å². The van der Waals surface area contributed by atoms with Gasteiger partial charge in [-0.3, -0.25) is 4.79 Å². The summed E-state index contributed by atoms with van der Waals surface area (Å²) < 4.78 is 37.2. The Bertz CT molecular complexity index is 260. The number of amides is 1. The van der Waals surface area contributed by atoms with Crippen LogP contribution in [0.3, 0.4) is 0 Å². The number of nitrogens with one attached hydrogen (secondary N) is 1. The summed E-state index contributed by atoms with van der Waals surface area (Å²) in [7, 11) is 0. The van der Waals surface area contributed by atoms with Crippen LogP contribution in [0.4, 0.5) is 13.2 Å². The van der Waals surface area contributed by atoms with Gasteiger partial charge in [-0.2, -0.15) is 13.2 Å². The second-order valence-electron chi connectivity index (χ2n) is 4.74. The molecule has 1 unspecified atom stereocenters. The third-order valence-electron chi connectivity index (χ3n) is 3.34. The Morgan fingerprint density at radius 2 is 1.88 bits per heavy atom. The molecular weight excluding hydrogens is 233 g/mol. The van der Waals surface area contributed by atoms with E-state index in [1.807, 2.05) is 0 Å². The molecular formula is C11H19F3N2O. The van der Waals surface area contributed by atoms with Gasteiger partial charge in [0.2, 0.25) is 5.91 Å². The number of hydrogen-bond donors (Lipinski definition) is 2. The largest absolute Gasteiger partial charge is 0.391 e. The van der Waals surface area contributed by atoms with Crippen molar-refractivity contribution in [3.8, 4) is 0 Å². The van der Waals surface area contributed by atoms with Crippen LogP contribution < -0.4 is 11.1 Å². The zero-order valence-electron chi connectivity index (χ0n) is 9.89. The van der Waals surface area contributed by atoms with Gasteiger partial charge in [0.05, 0.1) is 5.92 Å². The second kappa shape index (κ2) is 5.71. The van der Waals surface area contributed by atoms with E-state index in [-0.39, 0.29) is 37.3 Å². The molecule has 3 N–H and O–H groups in total. The first-order chi connectivity index (χ1) is 7.84. The molecule has 17 heavy (non-hydrogen) atoms. The molecule has 0 aliphatic heterocycles. The standard InChI is InChI=1S/C11H19F3N2O/c1-7(6-15)10(17)16-9-4-2-8(3-5-9)11(12,13)14/h7-9H,2-6,15H2,1H3,(H,16,17). The first-order valence-electron chi connectivity index (χ1n) is 5.91. The van der Waals surface area contributed by atoms with Crippen LogP contribution in [0.15, 0.2) is 0 Å². The summed E-state index contributed by atoms with van der Waals surface area (Å²) in [6, 6.07) is -0.130. The number of nitrogens with two attached hydrogens (primary N) is 1. The van der Waals surface area contributed by atoms with Crippen molar-refractivity contribution in [3.63, 3.8) is 0 Å². The van der Waals surface area contributed by atoms with E-state index < -0.39 is 12.1 Å². The summed E-state index contributed by atoms with van der Waals surface area (Å²) in [6.07, 6.45) is -3.10. The molecule has 0 radical (unpaired) electrons. The summed E-state index contributed by atoms with van der Waals surface area (Å²) in [6.45, 7) is 1.96. The smallest absolute Gasteiger partial charge is 0.353 e. The number of rotatable bonds is 3. The van der Waals surface area contributed by atoms with Crippen LogP contribution >= 0.6 is 0 Å². The third-order valence-corrected chi connectivity index (χ3v) is 3.34. The summed E-state index contributed by atoms with van der Waals surface area (Å²) >= 11 is 0. The van der Waals surface area contributed by atoms with E-state index in [9.17, 15) is 18.0 Å². The Morgan fingerprint density at radius 3 is 2.29 bits per heavy atom. The van der Waals surface area contributed by atoms with Crippen LogP contribution in [-0.2, 0) is 4.79 Å². The first-order valence-corrected chi connectivity index (χ1v) is 5.91. The molecule has 1 rings (SSSR count). The van der Waals surface area contributed by atoms with Crippen molar-refractivity contribution < 1.29 is 18.0 Å². The molecule has 0 aromatic heterocycles. The predicted octanol–water partition coefficient (Wildman–Crippen LogP) is 1.82. The first kappa shape index (κ1) is 14.3. The quantitative estimate of drug-likeness (QED) is 0.805. The minimum atomic E-state index is -4.10. The number of halogens is 3. The minimum absolute atomic E-state index is 0.103. The van der Waals surface area contributed by atoms with Crippen LogP contribution in [0.25, 0.3) is 0 Å². The van der Waals surface area contributed by atoms with Crippen molar-refractivity contribution in [1.82, 2.24) is 5.32 Å². The van der Waals surface area contributed by atoms with E-state index in [0.717, 1.165) is 0 Å². The Hall–Kier alpha value is -0.780. The van der Waals surface area contributed by atoms with Gasteiger partial charge in [0.1, 0.15) is 0 Å². The SMILES string of the molecule is CC(CN)C(=O)NC1CCC(C(F)(F)F)CC1. The second-order valence-corrected chi connectivity index (χ2v) is 4.74. The minimum Gasteiger partial charge on any atom is -0.353 e. The zero-order valence-corrected chi connectivity index (χ0v) is 9.89. The van der Waals surface area contributed by atoms with Crippen LogP contribution in [0, 0.1) is 11.8 Å². The monoisotopic (exact) mass is 252 g/mol. The van der Waals surface area contributed by atoms with Crippen molar-refractivity contribution in [3.05, 3.63) is 0 Å². The predicted molar refractivity (Wildman–Crippen MR) is 58.2 cm³/mol. The average molecular weight is 252 g/mol. The van der Waals surface area contributed by atoms with Gasteiger partial charge < -0.3 is 11.1 Å².